The average molecular weight is 572 g/mol. The van der Waals surface area contributed by atoms with E-state index in [-0.39, 0.29) is 46.3 Å². The first-order valence-electron chi connectivity index (χ1n) is 13.9. The molecule has 3 fully saturated rings. The smallest absolute Gasteiger partial charge is 0.223 e. The number of aliphatic hydroxyl groups is 1. The van der Waals surface area contributed by atoms with Crippen LogP contribution in [0, 0.1) is 12.7 Å². The topological polar surface area (TPSA) is 102 Å². The molecule has 0 amide bonds. The zero-order chi connectivity index (χ0) is 28.2. The van der Waals surface area contributed by atoms with Crippen molar-refractivity contribution in [3.63, 3.8) is 0 Å². The average Bonchev–Trinajstić information content (AvgIpc) is 3.70. The highest BCUT2D eigenvalue weighted by Crippen LogP contribution is 2.44. The summed E-state index contributed by atoms with van der Waals surface area (Å²) in [6.45, 7) is 9.61. The van der Waals surface area contributed by atoms with Crippen molar-refractivity contribution in [1.82, 2.24) is 19.4 Å². The fourth-order valence-corrected chi connectivity index (χ4v) is 6.30. The molecule has 1 spiro atoms. The summed E-state index contributed by atoms with van der Waals surface area (Å²) in [7, 11) is 0. The Bertz CT molecular complexity index is 1510. The molecule has 2 atom stereocenters. The number of hydrogen-bond donors (Lipinski definition) is 2. The predicted octanol–water partition coefficient (Wildman–Crippen LogP) is 4.07. The number of halogens is 2. The van der Waals surface area contributed by atoms with Crippen LogP contribution >= 0.6 is 11.6 Å². The predicted molar refractivity (Wildman–Crippen MR) is 151 cm³/mol. The molecule has 9 nitrogen and oxygen atoms in total. The second kappa shape index (κ2) is 10.6. The number of ether oxygens (including phenoxy) is 2. The van der Waals surface area contributed by atoms with Crippen molar-refractivity contribution in [3.05, 3.63) is 50.7 Å². The van der Waals surface area contributed by atoms with E-state index in [1.165, 1.54) is 0 Å². The third-order valence-corrected chi connectivity index (χ3v) is 8.84. The quantitative estimate of drug-likeness (QED) is 0.457. The van der Waals surface area contributed by atoms with Crippen LogP contribution in [-0.2, 0) is 16.0 Å². The van der Waals surface area contributed by atoms with Crippen LogP contribution in [-0.4, -0.2) is 75.2 Å². The van der Waals surface area contributed by atoms with Gasteiger partial charge in [0.05, 0.1) is 48.7 Å². The Balaban J connectivity index is 1.45. The number of nitrogens with one attached hydrogen (secondary N) is 1. The third kappa shape index (κ3) is 4.90. The van der Waals surface area contributed by atoms with E-state index in [2.05, 4.69) is 38.6 Å². The Hall–Kier alpha value is -2.63. The fraction of sp³-hybridized carbons (Fsp3) is 0.552. The second-order valence-corrected chi connectivity index (χ2v) is 11.9. The van der Waals surface area contributed by atoms with E-state index >= 15 is 4.39 Å². The molecule has 3 aromatic rings. The van der Waals surface area contributed by atoms with Crippen LogP contribution in [0.3, 0.4) is 0 Å². The van der Waals surface area contributed by atoms with Crippen LogP contribution in [0.1, 0.15) is 50.4 Å². The first-order valence-corrected chi connectivity index (χ1v) is 14.3. The molecule has 1 aromatic carbocycles. The van der Waals surface area contributed by atoms with Gasteiger partial charge >= 0.3 is 0 Å². The van der Waals surface area contributed by atoms with Gasteiger partial charge in [-0.05, 0) is 52.2 Å². The largest absolute Gasteiger partial charge is 0.389 e. The minimum Gasteiger partial charge on any atom is -0.389 e. The van der Waals surface area contributed by atoms with E-state index in [9.17, 15) is 9.90 Å². The van der Waals surface area contributed by atoms with Gasteiger partial charge in [-0.25, -0.2) is 14.4 Å². The summed E-state index contributed by atoms with van der Waals surface area (Å²) in [6.07, 6.45) is 3.14. The van der Waals surface area contributed by atoms with Crippen molar-refractivity contribution in [2.75, 3.05) is 38.3 Å². The molecule has 1 aliphatic carbocycles. The van der Waals surface area contributed by atoms with Crippen LogP contribution < -0.4 is 10.7 Å². The van der Waals surface area contributed by atoms with Gasteiger partial charge in [-0.15, -0.1) is 0 Å². The Morgan fingerprint density at radius 2 is 2.08 bits per heavy atom. The lowest BCUT2D eigenvalue weighted by Gasteiger charge is -2.37. The highest BCUT2D eigenvalue weighted by atomic mass is 35.5. The first kappa shape index (κ1) is 27.5. The van der Waals surface area contributed by atoms with E-state index in [4.69, 9.17) is 21.1 Å². The van der Waals surface area contributed by atoms with Gasteiger partial charge in [-0.1, -0.05) is 11.6 Å². The SMILES string of the molecule is Cc1c(CN2CCOCC23CC3)n(C(C)C)c2cc(-c3nc(N[C@@H]4CCOC[C@H]4O)ncc3F)c(Cl)cc2c1=O. The number of aromatic nitrogens is 3. The van der Waals surface area contributed by atoms with E-state index < -0.39 is 11.9 Å². The lowest BCUT2D eigenvalue weighted by Crippen LogP contribution is -2.47. The molecule has 2 aromatic heterocycles. The lowest BCUT2D eigenvalue weighted by molar-refractivity contribution is -0.0256. The maximum absolute atomic E-state index is 15.2. The van der Waals surface area contributed by atoms with Crippen LogP contribution in [0.5, 0.6) is 0 Å². The molecule has 0 radical (unpaired) electrons. The number of anilines is 1. The molecule has 0 unspecified atom stereocenters. The Morgan fingerprint density at radius 1 is 1.27 bits per heavy atom. The number of pyridine rings is 1. The second-order valence-electron chi connectivity index (χ2n) is 11.5. The maximum Gasteiger partial charge on any atom is 0.223 e. The highest BCUT2D eigenvalue weighted by molar-refractivity contribution is 6.34. The zero-order valence-corrected chi connectivity index (χ0v) is 23.8. The number of rotatable bonds is 6. The minimum atomic E-state index is -0.724. The van der Waals surface area contributed by atoms with Crippen molar-refractivity contribution in [3.8, 4) is 11.3 Å². The minimum absolute atomic E-state index is 0.0286. The van der Waals surface area contributed by atoms with Crippen molar-refractivity contribution < 1.29 is 19.0 Å². The van der Waals surface area contributed by atoms with E-state index in [1.54, 1.807) is 12.1 Å². The van der Waals surface area contributed by atoms with Crippen molar-refractivity contribution >= 4 is 28.5 Å². The summed E-state index contributed by atoms with van der Waals surface area (Å²) in [5.41, 5.74) is 2.72. The summed E-state index contributed by atoms with van der Waals surface area (Å²) in [5.74, 6) is -0.444. The molecule has 0 bridgehead atoms. The van der Waals surface area contributed by atoms with Gasteiger partial charge in [0.25, 0.3) is 0 Å². The Kier molecular flexibility index (Phi) is 7.33. The van der Waals surface area contributed by atoms with E-state index in [0.29, 0.717) is 48.2 Å². The first-order chi connectivity index (χ1) is 19.2. The molecule has 2 N–H and O–H groups in total. The molecule has 4 heterocycles. The van der Waals surface area contributed by atoms with Crippen LogP contribution in [0.25, 0.3) is 22.2 Å². The third-order valence-electron chi connectivity index (χ3n) is 8.53. The molecule has 11 heteroatoms. The Morgan fingerprint density at radius 3 is 2.80 bits per heavy atom. The highest BCUT2D eigenvalue weighted by Gasteiger charge is 2.50. The molecule has 40 heavy (non-hydrogen) atoms. The zero-order valence-electron chi connectivity index (χ0n) is 23.0. The number of hydrogen-bond acceptors (Lipinski definition) is 8. The van der Waals surface area contributed by atoms with E-state index in [0.717, 1.165) is 37.9 Å². The monoisotopic (exact) mass is 571 g/mol. The van der Waals surface area contributed by atoms with Gasteiger partial charge in [-0.3, -0.25) is 9.69 Å². The molecule has 1 saturated carbocycles. The molecule has 214 valence electrons. The van der Waals surface area contributed by atoms with Gasteiger partial charge < -0.3 is 24.5 Å². The number of benzene rings is 1. The molecule has 2 aliphatic heterocycles. The standard InChI is InChI=1S/C29H35ClFN5O4/c1-16(2)36-23-11-18(26-21(31)12-32-28(34-26)33-22-4-8-39-14-25(22)37)20(30)10-19(23)27(38)17(3)24(36)13-35-7-9-40-15-29(35)5-6-29/h10-12,16,22,25,37H,4-9,13-15H2,1-3H3,(H,32,33,34)/t22-,25-/m1/s1. The summed E-state index contributed by atoms with van der Waals surface area (Å²) in [6, 6.07) is 3.11. The summed E-state index contributed by atoms with van der Waals surface area (Å²) in [4.78, 5) is 24.7. The van der Waals surface area contributed by atoms with Gasteiger partial charge in [0.1, 0.15) is 5.69 Å². The van der Waals surface area contributed by atoms with Gasteiger partial charge in [0.15, 0.2) is 11.2 Å². The van der Waals surface area contributed by atoms with E-state index in [1.807, 2.05) is 6.92 Å². The van der Waals surface area contributed by atoms with Gasteiger partial charge in [-0.2, -0.15) is 0 Å². The number of aliphatic hydroxyl groups excluding tert-OH is 1. The van der Waals surface area contributed by atoms with Crippen molar-refractivity contribution in [2.45, 2.75) is 70.3 Å². The summed E-state index contributed by atoms with van der Waals surface area (Å²) in [5, 5.41) is 14.1. The molecule has 6 rings (SSSR count). The fourth-order valence-electron chi connectivity index (χ4n) is 6.05. The van der Waals surface area contributed by atoms with Crippen LogP contribution in [0.4, 0.5) is 10.3 Å². The summed E-state index contributed by atoms with van der Waals surface area (Å²) < 4.78 is 28.4. The molecular formula is C29H35ClFN5O4. The lowest BCUT2D eigenvalue weighted by atomic mass is 10.0. The van der Waals surface area contributed by atoms with Crippen molar-refractivity contribution in [2.24, 2.45) is 0 Å². The van der Waals surface area contributed by atoms with Gasteiger partial charge in [0.2, 0.25) is 5.95 Å². The Labute approximate surface area is 237 Å². The molecule has 2 saturated heterocycles. The molecular weight excluding hydrogens is 537 g/mol. The van der Waals surface area contributed by atoms with Crippen molar-refractivity contribution in [1.29, 1.82) is 0 Å². The molecule has 3 aliphatic rings. The number of morpholine rings is 1. The van der Waals surface area contributed by atoms with Crippen LogP contribution in [0.2, 0.25) is 5.02 Å². The summed E-state index contributed by atoms with van der Waals surface area (Å²) >= 11 is 6.70. The maximum atomic E-state index is 15.2. The number of nitrogens with zero attached hydrogens (tertiary/aromatic N) is 4. The van der Waals surface area contributed by atoms with Crippen LogP contribution in [0.15, 0.2) is 23.1 Å². The number of fused-ring (bicyclic) bond motifs is 1. The normalized spacial score (nSPS) is 22.8. The van der Waals surface area contributed by atoms with Gasteiger partial charge in [0, 0.05) is 53.5 Å².